The average molecular weight is 223 g/mol. The minimum atomic E-state index is -0.398. The maximum Gasteiger partial charge on any atom is 0.338 e. The molecule has 0 aromatic heterocycles. The van der Waals surface area contributed by atoms with Crippen LogP contribution in [0.1, 0.15) is 22.8 Å². The molecular weight excluding hydrogens is 206 g/mol. The van der Waals surface area contributed by atoms with E-state index in [1.165, 1.54) is 7.11 Å². The van der Waals surface area contributed by atoms with Crippen molar-refractivity contribution in [2.45, 2.75) is 19.6 Å². The van der Waals surface area contributed by atoms with E-state index in [1.54, 1.807) is 19.1 Å². The number of ether oxygens (including phenoxy) is 1. The molecule has 2 N–H and O–H groups in total. The molecule has 0 bridgehead atoms. The second-order valence-corrected chi connectivity index (χ2v) is 3.63. The summed E-state index contributed by atoms with van der Waals surface area (Å²) >= 11 is 0. The summed E-state index contributed by atoms with van der Waals surface area (Å²) in [4.78, 5) is 11.4. The zero-order chi connectivity index (χ0) is 12.0. The third kappa shape index (κ3) is 3.64. The minimum Gasteiger partial charge on any atom is -0.465 e. The number of aliphatic hydroxyl groups excluding tert-OH is 1. The van der Waals surface area contributed by atoms with E-state index in [4.69, 9.17) is 5.11 Å². The maximum absolute atomic E-state index is 11.4. The van der Waals surface area contributed by atoms with Crippen molar-refractivity contribution in [2.24, 2.45) is 0 Å². The molecule has 0 saturated heterocycles. The molecule has 0 spiro atoms. The highest BCUT2D eigenvalue weighted by Gasteiger charge is 2.10. The summed E-state index contributed by atoms with van der Waals surface area (Å²) in [7, 11) is 1.36. The Morgan fingerprint density at radius 3 is 2.81 bits per heavy atom. The number of nitrogens with one attached hydrogen (secondary N) is 1. The van der Waals surface area contributed by atoms with Gasteiger partial charge in [-0.15, -0.1) is 0 Å². The largest absolute Gasteiger partial charge is 0.465 e. The third-order valence-corrected chi connectivity index (χ3v) is 2.18. The van der Waals surface area contributed by atoms with Gasteiger partial charge in [-0.25, -0.2) is 4.79 Å². The molecule has 88 valence electrons. The molecule has 0 saturated carbocycles. The van der Waals surface area contributed by atoms with Gasteiger partial charge in [-0.1, -0.05) is 18.2 Å². The van der Waals surface area contributed by atoms with E-state index in [0.29, 0.717) is 18.7 Å². The molecule has 4 heteroatoms. The highest BCUT2D eigenvalue weighted by molar-refractivity contribution is 5.90. The van der Waals surface area contributed by atoms with Crippen molar-refractivity contribution < 1.29 is 14.6 Å². The lowest BCUT2D eigenvalue weighted by Gasteiger charge is -2.10. The van der Waals surface area contributed by atoms with E-state index >= 15 is 0 Å². The zero-order valence-electron chi connectivity index (χ0n) is 9.56. The van der Waals surface area contributed by atoms with Gasteiger partial charge in [-0.05, 0) is 18.6 Å². The number of methoxy groups -OCH3 is 1. The minimum absolute atomic E-state index is 0.338. The zero-order valence-corrected chi connectivity index (χ0v) is 9.56. The van der Waals surface area contributed by atoms with Crippen molar-refractivity contribution in [1.82, 2.24) is 5.32 Å². The second-order valence-electron chi connectivity index (χ2n) is 3.63. The molecule has 0 aliphatic carbocycles. The molecule has 0 aliphatic rings. The van der Waals surface area contributed by atoms with Crippen LogP contribution in [0, 0.1) is 0 Å². The van der Waals surface area contributed by atoms with Crippen molar-refractivity contribution in [3.05, 3.63) is 35.4 Å². The van der Waals surface area contributed by atoms with Gasteiger partial charge in [0.25, 0.3) is 0 Å². The predicted octanol–water partition coefficient (Wildman–Crippen LogP) is 0.944. The summed E-state index contributed by atoms with van der Waals surface area (Å²) in [6.07, 6.45) is -0.398. The van der Waals surface area contributed by atoms with Gasteiger partial charge in [0.05, 0.1) is 18.8 Å². The molecule has 0 radical (unpaired) electrons. The Morgan fingerprint density at radius 1 is 1.50 bits per heavy atom. The lowest BCUT2D eigenvalue weighted by molar-refractivity contribution is 0.0599. The summed E-state index contributed by atoms with van der Waals surface area (Å²) in [6, 6.07) is 7.25. The van der Waals surface area contributed by atoms with Crippen LogP contribution in [0.5, 0.6) is 0 Å². The van der Waals surface area contributed by atoms with E-state index < -0.39 is 6.10 Å². The molecule has 1 aromatic rings. The molecule has 0 fully saturated rings. The van der Waals surface area contributed by atoms with Gasteiger partial charge in [0.2, 0.25) is 0 Å². The summed E-state index contributed by atoms with van der Waals surface area (Å²) in [6.45, 7) is 2.74. The van der Waals surface area contributed by atoms with Crippen LogP contribution in [-0.2, 0) is 11.3 Å². The van der Waals surface area contributed by atoms with Crippen molar-refractivity contribution in [3.63, 3.8) is 0 Å². The summed E-state index contributed by atoms with van der Waals surface area (Å²) in [5.74, 6) is -0.338. The van der Waals surface area contributed by atoms with E-state index in [-0.39, 0.29) is 5.97 Å². The molecule has 1 rings (SSSR count). The smallest absolute Gasteiger partial charge is 0.338 e. The first-order chi connectivity index (χ1) is 7.65. The van der Waals surface area contributed by atoms with E-state index in [2.05, 4.69) is 10.1 Å². The van der Waals surface area contributed by atoms with Crippen LogP contribution in [0.2, 0.25) is 0 Å². The molecule has 0 heterocycles. The van der Waals surface area contributed by atoms with Gasteiger partial charge in [0.1, 0.15) is 0 Å². The molecular formula is C12H17NO3. The van der Waals surface area contributed by atoms with E-state index in [0.717, 1.165) is 5.56 Å². The van der Waals surface area contributed by atoms with Crippen molar-refractivity contribution in [3.8, 4) is 0 Å². The molecule has 1 aromatic carbocycles. The molecule has 0 aliphatic heterocycles. The quantitative estimate of drug-likeness (QED) is 0.729. The predicted molar refractivity (Wildman–Crippen MR) is 61.2 cm³/mol. The van der Waals surface area contributed by atoms with Crippen LogP contribution < -0.4 is 5.32 Å². The van der Waals surface area contributed by atoms with Crippen LogP contribution >= 0.6 is 0 Å². The third-order valence-electron chi connectivity index (χ3n) is 2.18. The number of carbonyl (C=O) groups excluding carboxylic acids is 1. The number of benzene rings is 1. The number of esters is 1. The number of rotatable bonds is 5. The van der Waals surface area contributed by atoms with Crippen LogP contribution in [0.25, 0.3) is 0 Å². The van der Waals surface area contributed by atoms with E-state index in [9.17, 15) is 4.79 Å². The summed E-state index contributed by atoms with van der Waals surface area (Å²) in [5.41, 5.74) is 1.43. The maximum atomic E-state index is 11.4. The van der Waals surface area contributed by atoms with Crippen LogP contribution in [0.4, 0.5) is 0 Å². The Kier molecular flexibility index (Phi) is 4.95. The highest BCUT2D eigenvalue weighted by atomic mass is 16.5. The Balaban J connectivity index is 2.67. The first-order valence-corrected chi connectivity index (χ1v) is 5.20. The Hall–Kier alpha value is -1.39. The normalized spacial score (nSPS) is 12.2. The highest BCUT2D eigenvalue weighted by Crippen LogP contribution is 2.09. The van der Waals surface area contributed by atoms with Crippen molar-refractivity contribution >= 4 is 5.97 Å². The van der Waals surface area contributed by atoms with Gasteiger partial charge in [-0.2, -0.15) is 0 Å². The van der Waals surface area contributed by atoms with Gasteiger partial charge in [0, 0.05) is 13.1 Å². The number of carbonyl (C=O) groups is 1. The monoisotopic (exact) mass is 223 g/mol. The van der Waals surface area contributed by atoms with Crippen LogP contribution in [0.15, 0.2) is 24.3 Å². The van der Waals surface area contributed by atoms with Gasteiger partial charge in [0.15, 0.2) is 0 Å². The van der Waals surface area contributed by atoms with Gasteiger partial charge >= 0.3 is 5.97 Å². The second kappa shape index (κ2) is 6.25. The number of hydrogen-bond donors (Lipinski definition) is 2. The van der Waals surface area contributed by atoms with Crippen LogP contribution in [-0.4, -0.2) is 30.8 Å². The Labute approximate surface area is 95.2 Å². The Bertz CT molecular complexity index is 350. The molecule has 0 amide bonds. The topological polar surface area (TPSA) is 58.6 Å². The van der Waals surface area contributed by atoms with Crippen molar-refractivity contribution in [2.75, 3.05) is 13.7 Å². The number of aliphatic hydroxyl groups is 1. The summed E-state index contributed by atoms with van der Waals surface area (Å²) < 4.78 is 4.69. The summed E-state index contributed by atoms with van der Waals surface area (Å²) in [5, 5.41) is 12.2. The SMILES string of the molecule is COC(=O)c1ccccc1CNC[C@H](C)O. The fourth-order valence-electron chi connectivity index (χ4n) is 1.40. The lowest BCUT2D eigenvalue weighted by atomic mass is 10.1. The van der Waals surface area contributed by atoms with Crippen molar-refractivity contribution in [1.29, 1.82) is 0 Å². The molecule has 1 atom stereocenters. The lowest BCUT2D eigenvalue weighted by Crippen LogP contribution is -2.24. The average Bonchev–Trinajstić information content (AvgIpc) is 2.28. The fourth-order valence-corrected chi connectivity index (χ4v) is 1.40. The standard InChI is InChI=1S/C12H17NO3/c1-9(14)7-13-8-10-5-3-4-6-11(10)12(15)16-2/h3-6,9,13-14H,7-8H2,1-2H3/t9-/m0/s1. The van der Waals surface area contributed by atoms with Gasteiger partial charge < -0.3 is 15.2 Å². The van der Waals surface area contributed by atoms with E-state index in [1.807, 2.05) is 12.1 Å². The molecule has 0 unspecified atom stereocenters. The van der Waals surface area contributed by atoms with Crippen LogP contribution in [0.3, 0.4) is 0 Å². The van der Waals surface area contributed by atoms with Gasteiger partial charge in [-0.3, -0.25) is 0 Å². The number of hydrogen-bond acceptors (Lipinski definition) is 4. The Morgan fingerprint density at radius 2 is 2.19 bits per heavy atom. The molecule has 16 heavy (non-hydrogen) atoms. The first kappa shape index (κ1) is 12.7. The fraction of sp³-hybridized carbons (Fsp3) is 0.417. The molecule has 4 nitrogen and oxygen atoms in total. The first-order valence-electron chi connectivity index (χ1n) is 5.20.